The smallest absolute Gasteiger partial charge is 0.220 e. The summed E-state index contributed by atoms with van der Waals surface area (Å²) in [4.78, 5) is 19.1. The minimum atomic E-state index is 0.203. The molecule has 0 aromatic carbocycles. The predicted octanol–water partition coefficient (Wildman–Crippen LogP) is 2.69. The summed E-state index contributed by atoms with van der Waals surface area (Å²) in [7, 11) is 4.18. The Hall–Kier alpha value is -2.15. The minimum absolute atomic E-state index is 0.203. The van der Waals surface area contributed by atoms with Gasteiger partial charge in [-0.25, -0.2) is 9.50 Å². The van der Waals surface area contributed by atoms with Crippen molar-refractivity contribution in [3.8, 4) is 0 Å². The summed E-state index contributed by atoms with van der Waals surface area (Å²) in [6, 6.07) is 4.69. The monoisotopic (exact) mass is 384 g/mol. The molecule has 2 aliphatic rings. The molecule has 2 fully saturated rings. The molecule has 0 radical (unpaired) electrons. The third-order valence-electron chi connectivity index (χ3n) is 6.63. The first-order chi connectivity index (χ1) is 13.6. The SMILES string of the molecule is CN(C)CCCCCC(=O)NC1CC(Nc2ncnn3cccc23)C12CCC2. The number of fused-ring (bicyclic) bond motifs is 1. The molecule has 0 aliphatic heterocycles. The van der Waals surface area contributed by atoms with Gasteiger partial charge in [0.1, 0.15) is 11.8 Å². The summed E-state index contributed by atoms with van der Waals surface area (Å²) in [6.45, 7) is 1.10. The van der Waals surface area contributed by atoms with Crippen molar-refractivity contribution in [2.75, 3.05) is 26.0 Å². The molecular weight excluding hydrogens is 352 g/mol. The Morgan fingerprint density at radius 1 is 1.29 bits per heavy atom. The quantitative estimate of drug-likeness (QED) is 0.650. The molecule has 2 unspecified atom stereocenters. The summed E-state index contributed by atoms with van der Waals surface area (Å²) >= 11 is 0. The van der Waals surface area contributed by atoms with E-state index >= 15 is 0 Å². The molecule has 28 heavy (non-hydrogen) atoms. The van der Waals surface area contributed by atoms with Crippen molar-refractivity contribution >= 4 is 17.2 Å². The van der Waals surface area contributed by atoms with Crippen LogP contribution >= 0.6 is 0 Å². The van der Waals surface area contributed by atoms with Crippen molar-refractivity contribution in [3.05, 3.63) is 24.7 Å². The maximum Gasteiger partial charge on any atom is 0.220 e. The van der Waals surface area contributed by atoms with E-state index in [1.165, 1.54) is 19.3 Å². The molecule has 0 bridgehead atoms. The average Bonchev–Trinajstić information content (AvgIpc) is 3.08. The van der Waals surface area contributed by atoms with Gasteiger partial charge in [0.15, 0.2) is 5.82 Å². The van der Waals surface area contributed by atoms with Crippen molar-refractivity contribution < 1.29 is 4.79 Å². The topological polar surface area (TPSA) is 74.6 Å². The third-order valence-corrected chi connectivity index (χ3v) is 6.63. The lowest BCUT2D eigenvalue weighted by Gasteiger charge is -2.61. The van der Waals surface area contributed by atoms with E-state index in [2.05, 4.69) is 39.7 Å². The Morgan fingerprint density at radius 2 is 2.14 bits per heavy atom. The molecule has 1 amide bonds. The zero-order valence-corrected chi connectivity index (χ0v) is 17.0. The molecule has 1 spiro atoms. The van der Waals surface area contributed by atoms with Crippen molar-refractivity contribution in [1.29, 1.82) is 0 Å². The summed E-state index contributed by atoms with van der Waals surface area (Å²) in [5, 5.41) is 11.2. The van der Waals surface area contributed by atoms with Crippen LogP contribution in [0.1, 0.15) is 51.4 Å². The highest BCUT2D eigenvalue weighted by Crippen LogP contribution is 2.56. The minimum Gasteiger partial charge on any atom is -0.365 e. The molecule has 7 heteroatoms. The predicted molar refractivity (Wildman–Crippen MR) is 110 cm³/mol. The van der Waals surface area contributed by atoms with E-state index in [4.69, 9.17) is 0 Å². The molecule has 2 aromatic rings. The molecule has 152 valence electrons. The zero-order chi connectivity index (χ0) is 19.6. The lowest BCUT2D eigenvalue weighted by molar-refractivity contribution is -0.127. The maximum absolute atomic E-state index is 12.4. The first-order valence-corrected chi connectivity index (χ1v) is 10.6. The molecule has 2 atom stereocenters. The molecular formula is C21H32N6O. The fraction of sp³-hybridized carbons (Fsp3) is 0.667. The van der Waals surface area contributed by atoms with Crippen molar-refractivity contribution in [1.82, 2.24) is 24.8 Å². The average molecular weight is 385 g/mol. The molecule has 2 aliphatic carbocycles. The number of nitrogens with zero attached hydrogens (tertiary/aromatic N) is 4. The van der Waals surface area contributed by atoms with Crippen LogP contribution in [0, 0.1) is 5.41 Å². The Morgan fingerprint density at radius 3 is 2.89 bits per heavy atom. The summed E-state index contributed by atoms with van der Waals surface area (Å²) in [5.41, 5.74) is 1.21. The lowest BCUT2D eigenvalue weighted by atomic mass is 9.49. The summed E-state index contributed by atoms with van der Waals surface area (Å²) in [5.74, 6) is 1.11. The number of rotatable bonds is 9. The van der Waals surface area contributed by atoms with Crippen LogP contribution in [0.5, 0.6) is 0 Å². The van der Waals surface area contributed by atoms with Crippen LogP contribution in [-0.2, 0) is 4.79 Å². The highest BCUT2D eigenvalue weighted by Gasteiger charge is 2.58. The maximum atomic E-state index is 12.4. The van der Waals surface area contributed by atoms with Crippen LogP contribution in [0.4, 0.5) is 5.82 Å². The Kier molecular flexibility index (Phi) is 5.53. The van der Waals surface area contributed by atoms with Gasteiger partial charge in [-0.05, 0) is 64.9 Å². The largest absolute Gasteiger partial charge is 0.365 e. The van der Waals surface area contributed by atoms with E-state index < -0.39 is 0 Å². The number of unbranched alkanes of at least 4 members (excludes halogenated alkanes) is 2. The van der Waals surface area contributed by atoms with Gasteiger partial charge in [0, 0.05) is 30.1 Å². The van der Waals surface area contributed by atoms with Gasteiger partial charge in [-0.1, -0.05) is 12.8 Å². The number of nitrogens with one attached hydrogen (secondary N) is 2. The standard InChI is InChI=1S/C21H32N6O/c1-26(2)12-5-3-4-9-19(28)24-17-14-18(21(17)10-7-11-21)25-20-16-8-6-13-27(16)23-15-22-20/h6,8,13,15,17-18H,3-5,7,9-12,14H2,1-2H3,(H,24,28)(H,22,23,25). The normalized spacial score (nSPS) is 22.8. The van der Waals surface area contributed by atoms with Crippen LogP contribution in [-0.4, -0.2) is 58.1 Å². The zero-order valence-electron chi connectivity index (χ0n) is 17.0. The van der Waals surface area contributed by atoms with Crippen molar-refractivity contribution in [3.63, 3.8) is 0 Å². The van der Waals surface area contributed by atoms with E-state index in [9.17, 15) is 4.79 Å². The second-order valence-electron chi connectivity index (χ2n) is 8.70. The van der Waals surface area contributed by atoms with Crippen LogP contribution in [0.25, 0.3) is 5.52 Å². The number of carbonyl (C=O) groups excluding carboxylic acids is 1. The lowest BCUT2D eigenvalue weighted by Crippen LogP contribution is -2.69. The molecule has 0 saturated heterocycles. The van der Waals surface area contributed by atoms with Gasteiger partial charge < -0.3 is 15.5 Å². The number of anilines is 1. The molecule has 2 aromatic heterocycles. The van der Waals surface area contributed by atoms with E-state index in [0.717, 1.165) is 43.6 Å². The van der Waals surface area contributed by atoms with Gasteiger partial charge in [-0.15, -0.1) is 0 Å². The number of carbonyl (C=O) groups is 1. The summed E-state index contributed by atoms with van der Waals surface area (Å²) in [6.07, 6.45) is 12.0. The van der Waals surface area contributed by atoms with Gasteiger partial charge in [0.25, 0.3) is 0 Å². The van der Waals surface area contributed by atoms with E-state index in [-0.39, 0.29) is 11.3 Å². The third kappa shape index (κ3) is 3.72. The Labute approximate surface area is 166 Å². The van der Waals surface area contributed by atoms with Crippen LogP contribution in [0.2, 0.25) is 0 Å². The molecule has 4 rings (SSSR count). The highest BCUT2D eigenvalue weighted by molar-refractivity contribution is 5.76. The fourth-order valence-corrected chi connectivity index (χ4v) is 4.77. The second kappa shape index (κ2) is 8.07. The number of hydrogen-bond donors (Lipinski definition) is 2. The van der Waals surface area contributed by atoms with E-state index in [1.807, 2.05) is 22.8 Å². The number of aromatic nitrogens is 3. The molecule has 2 saturated carbocycles. The molecule has 2 heterocycles. The molecule has 7 nitrogen and oxygen atoms in total. The summed E-state index contributed by atoms with van der Waals surface area (Å²) < 4.78 is 1.84. The van der Waals surface area contributed by atoms with Crippen LogP contribution in [0.3, 0.4) is 0 Å². The van der Waals surface area contributed by atoms with E-state index in [1.54, 1.807) is 6.33 Å². The van der Waals surface area contributed by atoms with Crippen LogP contribution in [0.15, 0.2) is 24.7 Å². The fourth-order valence-electron chi connectivity index (χ4n) is 4.77. The van der Waals surface area contributed by atoms with Gasteiger partial charge in [0.05, 0.1) is 0 Å². The number of hydrogen-bond acceptors (Lipinski definition) is 5. The van der Waals surface area contributed by atoms with Gasteiger partial charge in [-0.2, -0.15) is 5.10 Å². The van der Waals surface area contributed by atoms with Crippen molar-refractivity contribution in [2.45, 2.75) is 63.5 Å². The first-order valence-electron chi connectivity index (χ1n) is 10.6. The first kappa shape index (κ1) is 19.2. The van der Waals surface area contributed by atoms with Gasteiger partial charge >= 0.3 is 0 Å². The Balaban J connectivity index is 1.28. The van der Waals surface area contributed by atoms with Gasteiger partial charge in [-0.3, -0.25) is 4.79 Å². The second-order valence-corrected chi connectivity index (χ2v) is 8.70. The number of amides is 1. The Bertz CT molecular complexity index is 812. The van der Waals surface area contributed by atoms with Gasteiger partial charge in [0.2, 0.25) is 5.91 Å². The molecule has 2 N–H and O–H groups in total. The van der Waals surface area contributed by atoms with Crippen LogP contribution < -0.4 is 10.6 Å². The van der Waals surface area contributed by atoms with Crippen molar-refractivity contribution in [2.24, 2.45) is 5.41 Å². The van der Waals surface area contributed by atoms with E-state index in [0.29, 0.717) is 18.5 Å². The highest BCUT2D eigenvalue weighted by atomic mass is 16.1.